The van der Waals surface area contributed by atoms with Crippen molar-refractivity contribution in [1.29, 1.82) is 0 Å². The molecule has 2 atom stereocenters. The van der Waals surface area contributed by atoms with Gasteiger partial charge in [-0.05, 0) is 35.8 Å². The van der Waals surface area contributed by atoms with E-state index in [1.54, 1.807) is 11.3 Å². The van der Waals surface area contributed by atoms with Crippen molar-refractivity contribution in [2.75, 3.05) is 6.61 Å². The summed E-state index contributed by atoms with van der Waals surface area (Å²) in [4.78, 5) is 25.2. The highest BCUT2D eigenvalue weighted by Gasteiger charge is 2.20. The van der Waals surface area contributed by atoms with Gasteiger partial charge in [0.2, 0.25) is 0 Å². The molecule has 130 valence electrons. The van der Waals surface area contributed by atoms with Crippen LogP contribution < -0.4 is 5.32 Å². The molecule has 0 unspecified atom stereocenters. The van der Waals surface area contributed by atoms with E-state index in [0.29, 0.717) is 6.42 Å². The largest absolute Gasteiger partial charge is 0.456 e. The SMILES string of the molecule is O=C(COC(=O)C[C@@H]1C=CCC1)N[C@H](c1ccccc1)c1cccs1. The number of carbonyl (C=O) groups is 2. The maximum Gasteiger partial charge on any atom is 0.306 e. The molecular formula is C20H21NO3S. The second kappa shape index (κ2) is 8.62. The second-order valence-corrected chi connectivity index (χ2v) is 7.04. The maximum absolute atomic E-state index is 12.3. The number of benzene rings is 1. The second-order valence-electron chi connectivity index (χ2n) is 6.06. The molecule has 5 heteroatoms. The highest BCUT2D eigenvalue weighted by atomic mass is 32.1. The topological polar surface area (TPSA) is 55.4 Å². The first-order valence-electron chi connectivity index (χ1n) is 8.42. The van der Waals surface area contributed by atoms with Crippen LogP contribution in [-0.4, -0.2) is 18.5 Å². The molecule has 0 fully saturated rings. The molecule has 25 heavy (non-hydrogen) atoms. The van der Waals surface area contributed by atoms with E-state index in [2.05, 4.69) is 11.4 Å². The van der Waals surface area contributed by atoms with Gasteiger partial charge in [0.25, 0.3) is 5.91 Å². The lowest BCUT2D eigenvalue weighted by atomic mass is 10.1. The Hall–Kier alpha value is -2.40. The Labute approximate surface area is 151 Å². The zero-order valence-electron chi connectivity index (χ0n) is 13.9. The van der Waals surface area contributed by atoms with Crippen LogP contribution in [0.2, 0.25) is 0 Å². The van der Waals surface area contributed by atoms with Gasteiger partial charge < -0.3 is 10.1 Å². The molecule has 1 aliphatic carbocycles. The van der Waals surface area contributed by atoms with Crippen molar-refractivity contribution in [3.05, 3.63) is 70.4 Å². The minimum absolute atomic E-state index is 0.231. The van der Waals surface area contributed by atoms with Crippen molar-refractivity contribution in [2.24, 2.45) is 5.92 Å². The summed E-state index contributed by atoms with van der Waals surface area (Å²) >= 11 is 1.58. The number of ether oxygens (including phenoxy) is 1. The summed E-state index contributed by atoms with van der Waals surface area (Å²) in [7, 11) is 0. The van der Waals surface area contributed by atoms with E-state index in [4.69, 9.17) is 4.74 Å². The van der Waals surface area contributed by atoms with Gasteiger partial charge in [-0.3, -0.25) is 9.59 Å². The quantitative estimate of drug-likeness (QED) is 0.606. The Bertz CT molecular complexity index is 725. The van der Waals surface area contributed by atoms with Crippen LogP contribution in [-0.2, 0) is 14.3 Å². The molecule has 1 heterocycles. The van der Waals surface area contributed by atoms with Crippen LogP contribution in [0, 0.1) is 5.92 Å². The fraction of sp³-hybridized carbons (Fsp3) is 0.300. The molecule has 0 aliphatic heterocycles. The lowest BCUT2D eigenvalue weighted by Crippen LogP contribution is -2.32. The predicted octanol–water partition coefficient (Wildman–Crippen LogP) is 3.85. The van der Waals surface area contributed by atoms with E-state index in [0.717, 1.165) is 23.3 Å². The van der Waals surface area contributed by atoms with Crippen LogP contribution >= 0.6 is 11.3 Å². The molecule has 0 bridgehead atoms. The van der Waals surface area contributed by atoms with Crippen molar-refractivity contribution in [3.8, 4) is 0 Å². The van der Waals surface area contributed by atoms with Crippen molar-refractivity contribution < 1.29 is 14.3 Å². The molecule has 3 rings (SSSR count). The lowest BCUT2D eigenvalue weighted by molar-refractivity contribution is -0.149. The first-order chi connectivity index (χ1) is 12.2. The summed E-state index contributed by atoms with van der Waals surface area (Å²) in [5.74, 6) is -0.365. The van der Waals surface area contributed by atoms with Crippen molar-refractivity contribution in [3.63, 3.8) is 0 Å². The van der Waals surface area contributed by atoms with E-state index in [1.165, 1.54) is 0 Å². The molecule has 2 aromatic rings. The average molecular weight is 355 g/mol. The lowest BCUT2D eigenvalue weighted by Gasteiger charge is -2.18. The van der Waals surface area contributed by atoms with Crippen molar-refractivity contribution >= 4 is 23.2 Å². The number of hydrogen-bond donors (Lipinski definition) is 1. The van der Waals surface area contributed by atoms with Gasteiger partial charge in [-0.25, -0.2) is 0 Å². The van der Waals surface area contributed by atoms with Gasteiger partial charge in [0.15, 0.2) is 6.61 Å². The molecule has 0 saturated heterocycles. The van der Waals surface area contributed by atoms with Crippen molar-refractivity contribution in [2.45, 2.75) is 25.3 Å². The normalized spacial score (nSPS) is 17.2. The third-order valence-electron chi connectivity index (χ3n) is 4.17. The summed E-state index contributed by atoms with van der Waals surface area (Å²) < 4.78 is 5.14. The van der Waals surface area contributed by atoms with Gasteiger partial charge in [-0.1, -0.05) is 48.6 Å². The molecule has 1 N–H and O–H groups in total. The monoisotopic (exact) mass is 355 g/mol. The zero-order chi connectivity index (χ0) is 17.5. The molecule has 1 aliphatic rings. The molecule has 0 spiro atoms. The fourth-order valence-electron chi connectivity index (χ4n) is 2.91. The van der Waals surface area contributed by atoms with Gasteiger partial charge in [0.05, 0.1) is 12.5 Å². The number of hydrogen-bond acceptors (Lipinski definition) is 4. The summed E-state index contributed by atoms with van der Waals surface area (Å²) in [6.45, 7) is -0.246. The van der Waals surface area contributed by atoms with E-state index < -0.39 is 0 Å². The van der Waals surface area contributed by atoms with Crippen LogP contribution in [0.3, 0.4) is 0 Å². The number of rotatable bonds is 7. The zero-order valence-corrected chi connectivity index (χ0v) is 14.7. The average Bonchev–Trinajstić information content (AvgIpc) is 3.32. The van der Waals surface area contributed by atoms with Crippen LogP contribution in [0.25, 0.3) is 0 Å². The predicted molar refractivity (Wildman–Crippen MR) is 98.2 cm³/mol. The van der Waals surface area contributed by atoms with Crippen LogP contribution in [0.15, 0.2) is 60.0 Å². The summed E-state index contributed by atoms with van der Waals surface area (Å²) in [5.41, 5.74) is 1.00. The van der Waals surface area contributed by atoms with Gasteiger partial charge in [-0.15, -0.1) is 11.3 Å². The maximum atomic E-state index is 12.3. The molecule has 4 nitrogen and oxygen atoms in total. The number of esters is 1. The minimum atomic E-state index is -0.320. The molecule has 1 aromatic heterocycles. The fourth-order valence-corrected chi connectivity index (χ4v) is 3.71. The first-order valence-corrected chi connectivity index (χ1v) is 9.30. The van der Waals surface area contributed by atoms with E-state index in [9.17, 15) is 9.59 Å². The first kappa shape index (κ1) is 17.4. The standard InChI is InChI=1S/C20H21NO3S/c22-18(14-24-19(23)13-15-7-4-5-8-15)21-20(17-11-6-12-25-17)16-9-2-1-3-10-16/h1-4,6-7,9-12,15,20H,5,8,13-14H2,(H,21,22)/t15-,20-/m1/s1. The minimum Gasteiger partial charge on any atom is -0.456 e. The molecule has 0 radical (unpaired) electrons. The highest BCUT2D eigenvalue weighted by molar-refractivity contribution is 7.10. The molecular weight excluding hydrogens is 334 g/mol. The Morgan fingerprint density at radius 2 is 2.04 bits per heavy atom. The summed E-state index contributed by atoms with van der Waals surface area (Å²) in [6, 6.07) is 13.5. The number of amides is 1. The Morgan fingerprint density at radius 1 is 1.20 bits per heavy atom. The van der Waals surface area contributed by atoms with Gasteiger partial charge in [-0.2, -0.15) is 0 Å². The Kier molecular flexibility index (Phi) is 6.01. The molecule has 1 aromatic carbocycles. The van der Waals surface area contributed by atoms with Crippen molar-refractivity contribution in [1.82, 2.24) is 5.32 Å². The third kappa shape index (κ3) is 5.03. The molecule has 0 saturated carbocycles. The van der Waals surface area contributed by atoms with Gasteiger partial charge >= 0.3 is 5.97 Å². The number of nitrogens with one attached hydrogen (secondary N) is 1. The van der Waals surface area contributed by atoms with E-state index in [-0.39, 0.29) is 30.4 Å². The Balaban J connectivity index is 1.55. The van der Waals surface area contributed by atoms with Gasteiger partial charge in [0, 0.05) is 4.88 Å². The summed E-state index contributed by atoms with van der Waals surface area (Å²) in [6.07, 6.45) is 6.46. The van der Waals surface area contributed by atoms with Crippen LogP contribution in [0.4, 0.5) is 0 Å². The third-order valence-corrected chi connectivity index (χ3v) is 5.11. The Morgan fingerprint density at radius 3 is 2.72 bits per heavy atom. The number of thiophene rings is 1. The smallest absolute Gasteiger partial charge is 0.306 e. The van der Waals surface area contributed by atoms with E-state index in [1.807, 2.05) is 53.9 Å². The highest BCUT2D eigenvalue weighted by Crippen LogP contribution is 2.26. The number of carbonyl (C=O) groups excluding carboxylic acids is 2. The number of allylic oxidation sites excluding steroid dienone is 2. The summed E-state index contributed by atoms with van der Waals surface area (Å²) in [5, 5.41) is 4.94. The van der Waals surface area contributed by atoms with Crippen LogP contribution in [0.1, 0.15) is 35.7 Å². The molecule has 1 amide bonds. The van der Waals surface area contributed by atoms with Gasteiger partial charge in [0.1, 0.15) is 0 Å². The van der Waals surface area contributed by atoms with Crippen LogP contribution in [0.5, 0.6) is 0 Å². The van der Waals surface area contributed by atoms with E-state index >= 15 is 0 Å².